The average molecular weight is 290 g/mol. The van der Waals surface area contributed by atoms with Crippen LogP contribution in [-0.2, 0) is 11.3 Å². The zero-order valence-electron chi connectivity index (χ0n) is 14.1. The van der Waals surface area contributed by atoms with E-state index >= 15 is 0 Å². The zero-order valence-corrected chi connectivity index (χ0v) is 14.1. The van der Waals surface area contributed by atoms with E-state index in [9.17, 15) is 0 Å². The lowest BCUT2D eigenvalue weighted by atomic mass is 10.0. The highest BCUT2D eigenvalue weighted by molar-refractivity contribution is 5.55. The minimum atomic E-state index is 0.314. The second-order valence-electron chi connectivity index (χ2n) is 6.51. The number of rotatable bonds is 5. The highest BCUT2D eigenvalue weighted by Gasteiger charge is 2.26. The van der Waals surface area contributed by atoms with E-state index in [-0.39, 0.29) is 0 Å². The number of nitrogens with one attached hydrogen (secondary N) is 1. The summed E-state index contributed by atoms with van der Waals surface area (Å²) in [5, 5.41) is 3.48. The molecule has 1 aromatic carbocycles. The van der Waals surface area contributed by atoms with Gasteiger partial charge in [-0.1, -0.05) is 32.9 Å². The van der Waals surface area contributed by atoms with E-state index in [0.717, 1.165) is 26.1 Å². The highest BCUT2D eigenvalue weighted by Crippen LogP contribution is 2.27. The van der Waals surface area contributed by atoms with Crippen molar-refractivity contribution in [2.45, 2.75) is 65.8 Å². The van der Waals surface area contributed by atoms with Crippen LogP contribution in [0.3, 0.4) is 0 Å². The third-order valence-corrected chi connectivity index (χ3v) is 4.22. The van der Waals surface area contributed by atoms with Crippen LogP contribution in [0.5, 0.6) is 0 Å². The Balaban J connectivity index is 2.15. The van der Waals surface area contributed by atoms with Crippen LogP contribution < -0.4 is 10.2 Å². The van der Waals surface area contributed by atoms with Crippen LogP contribution in [0.2, 0.25) is 0 Å². The normalized spacial score (nSPS) is 22.9. The van der Waals surface area contributed by atoms with E-state index in [1.54, 1.807) is 0 Å². The summed E-state index contributed by atoms with van der Waals surface area (Å²) in [6.45, 7) is 13.8. The first-order valence-corrected chi connectivity index (χ1v) is 8.22. The van der Waals surface area contributed by atoms with Crippen LogP contribution in [0.1, 0.15) is 45.2 Å². The molecule has 3 heteroatoms. The van der Waals surface area contributed by atoms with E-state index in [1.807, 2.05) is 0 Å². The van der Waals surface area contributed by atoms with Crippen molar-refractivity contribution >= 4 is 5.69 Å². The number of aryl methyl sites for hydroxylation is 1. The van der Waals surface area contributed by atoms with Crippen LogP contribution >= 0.6 is 0 Å². The Morgan fingerprint density at radius 3 is 2.76 bits per heavy atom. The topological polar surface area (TPSA) is 24.5 Å². The summed E-state index contributed by atoms with van der Waals surface area (Å²) in [5.41, 5.74) is 4.09. The van der Waals surface area contributed by atoms with Crippen LogP contribution in [0.4, 0.5) is 5.69 Å². The Kier molecular flexibility index (Phi) is 5.65. The summed E-state index contributed by atoms with van der Waals surface area (Å²) in [4.78, 5) is 2.53. The largest absolute Gasteiger partial charge is 0.375 e. The SMILES string of the molecule is CCC1COC(C)CN1c1ccc(CNC(C)C)cc1C. The average Bonchev–Trinajstić information content (AvgIpc) is 2.45. The summed E-state index contributed by atoms with van der Waals surface area (Å²) < 4.78 is 5.81. The van der Waals surface area contributed by atoms with Crippen LogP contribution in [-0.4, -0.2) is 31.3 Å². The molecule has 0 aromatic heterocycles. The molecule has 2 atom stereocenters. The van der Waals surface area contributed by atoms with Gasteiger partial charge in [-0.05, 0) is 37.5 Å². The molecule has 0 bridgehead atoms. The Labute approximate surface area is 129 Å². The maximum Gasteiger partial charge on any atom is 0.0723 e. The number of nitrogens with zero attached hydrogens (tertiary/aromatic N) is 1. The lowest BCUT2D eigenvalue weighted by Gasteiger charge is -2.40. The number of hydrogen-bond acceptors (Lipinski definition) is 3. The van der Waals surface area contributed by atoms with Crippen molar-refractivity contribution < 1.29 is 4.74 Å². The summed E-state index contributed by atoms with van der Waals surface area (Å²) in [6, 6.07) is 7.88. The number of anilines is 1. The molecule has 1 aliphatic heterocycles. The van der Waals surface area contributed by atoms with Crippen molar-refractivity contribution in [3.63, 3.8) is 0 Å². The highest BCUT2D eigenvalue weighted by atomic mass is 16.5. The van der Waals surface area contributed by atoms with Crippen molar-refractivity contribution in [2.24, 2.45) is 0 Å². The van der Waals surface area contributed by atoms with Gasteiger partial charge in [0, 0.05) is 24.8 Å². The molecule has 0 radical (unpaired) electrons. The molecule has 1 N–H and O–H groups in total. The lowest BCUT2D eigenvalue weighted by Crippen LogP contribution is -2.49. The number of hydrogen-bond donors (Lipinski definition) is 1. The first kappa shape index (κ1) is 16.3. The summed E-state index contributed by atoms with van der Waals surface area (Å²) in [6.07, 6.45) is 1.44. The van der Waals surface area contributed by atoms with E-state index in [4.69, 9.17) is 4.74 Å². The predicted molar refractivity (Wildman–Crippen MR) is 90.0 cm³/mol. The van der Waals surface area contributed by atoms with Crippen LogP contribution in [0, 0.1) is 6.92 Å². The monoisotopic (exact) mass is 290 g/mol. The molecular weight excluding hydrogens is 260 g/mol. The summed E-state index contributed by atoms with van der Waals surface area (Å²) >= 11 is 0. The zero-order chi connectivity index (χ0) is 15.4. The quantitative estimate of drug-likeness (QED) is 0.898. The fraction of sp³-hybridized carbons (Fsp3) is 0.667. The van der Waals surface area contributed by atoms with E-state index in [2.05, 4.69) is 63.0 Å². The van der Waals surface area contributed by atoms with Gasteiger partial charge in [-0.3, -0.25) is 0 Å². The first-order chi connectivity index (χ1) is 10.0. The number of morpholine rings is 1. The number of ether oxygens (including phenoxy) is 1. The molecule has 0 saturated carbocycles. The third kappa shape index (κ3) is 4.21. The molecule has 118 valence electrons. The molecule has 1 saturated heterocycles. The molecule has 1 fully saturated rings. The minimum absolute atomic E-state index is 0.314. The predicted octanol–water partition coefficient (Wildman–Crippen LogP) is 3.50. The minimum Gasteiger partial charge on any atom is -0.375 e. The van der Waals surface area contributed by atoms with Gasteiger partial charge in [0.05, 0.1) is 18.8 Å². The Bertz CT molecular complexity index is 459. The molecule has 1 heterocycles. The number of benzene rings is 1. The van der Waals surface area contributed by atoms with Gasteiger partial charge in [0.15, 0.2) is 0 Å². The molecule has 1 aliphatic rings. The molecule has 0 spiro atoms. The van der Waals surface area contributed by atoms with Gasteiger partial charge in [-0.15, -0.1) is 0 Å². The fourth-order valence-electron chi connectivity index (χ4n) is 2.95. The maximum atomic E-state index is 5.81. The second kappa shape index (κ2) is 7.28. The molecule has 21 heavy (non-hydrogen) atoms. The van der Waals surface area contributed by atoms with E-state index in [1.165, 1.54) is 16.8 Å². The van der Waals surface area contributed by atoms with Crippen LogP contribution in [0.15, 0.2) is 18.2 Å². The van der Waals surface area contributed by atoms with Gasteiger partial charge in [0.25, 0.3) is 0 Å². The van der Waals surface area contributed by atoms with Gasteiger partial charge >= 0.3 is 0 Å². The first-order valence-electron chi connectivity index (χ1n) is 8.22. The third-order valence-electron chi connectivity index (χ3n) is 4.22. The van der Waals surface area contributed by atoms with Crippen molar-refractivity contribution in [1.29, 1.82) is 0 Å². The van der Waals surface area contributed by atoms with Gasteiger partial charge < -0.3 is 15.0 Å². The summed E-state index contributed by atoms with van der Waals surface area (Å²) in [7, 11) is 0. The molecule has 0 amide bonds. The molecular formula is C18H30N2O. The van der Waals surface area contributed by atoms with Gasteiger partial charge in [0.1, 0.15) is 0 Å². The van der Waals surface area contributed by atoms with Gasteiger partial charge in [-0.2, -0.15) is 0 Å². The van der Waals surface area contributed by atoms with Crippen molar-refractivity contribution in [3.05, 3.63) is 29.3 Å². The molecule has 0 aliphatic carbocycles. The molecule has 1 aromatic rings. The van der Waals surface area contributed by atoms with E-state index in [0.29, 0.717) is 18.2 Å². The van der Waals surface area contributed by atoms with E-state index < -0.39 is 0 Å². The standard InChI is InChI=1S/C18H30N2O/c1-6-17-12-21-15(5)11-20(17)18-8-7-16(9-14(18)4)10-19-13(2)3/h7-9,13,15,17,19H,6,10-12H2,1-5H3. The smallest absolute Gasteiger partial charge is 0.0723 e. The van der Waals surface area contributed by atoms with Gasteiger partial charge in [0.2, 0.25) is 0 Å². The molecule has 2 rings (SSSR count). The van der Waals surface area contributed by atoms with Crippen molar-refractivity contribution in [3.8, 4) is 0 Å². The maximum absolute atomic E-state index is 5.81. The van der Waals surface area contributed by atoms with Crippen molar-refractivity contribution in [1.82, 2.24) is 5.32 Å². The molecule has 3 nitrogen and oxygen atoms in total. The Morgan fingerprint density at radius 2 is 2.14 bits per heavy atom. The Hall–Kier alpha value is -1.06. The van der Waals surface area contributed by atoms with Gasteiger partial charge in [-0.25, -0.2) is 0 Å². The molecule has 2 unspecified atom stereocenters. The van der Waals surface area contributed by atoms with Crippen LogP contribution in [0.25, 0.3) is 0 Å². The lowest BCUT2D eigenvalue weighted by molar-refractivity contribution is 0.0299. The second-order valence-corrected chi connectivity index (χ2v) is 6.51. The summed E-state index contributed by atoms with van der Waals surface area (Å²) in [5.74, 6) is 0. The fourth-order valence-corrected chi connectivity index (χ4v) is 2.95. The Morgan fingerprint density at radius 1 is 1.38 bits per heavy atom. The van der Waals surface area contributed by atoms with Crippen molar-refractivity contribution in [2.75, 3.05) is 18.1 Å².